The van der Waals surface area contributed by atoms with Crippen LogP contribution in [0.15, 0.2) is 48.5 Å². The molecule has 0 aliphatic carbocycles. The number of carbonyl (C=O) groups excluding carboxylic acids is 1. The van der Waals surface area contributed by atoms with Crippen LogP contribution in [0.1, 0.15) is 34.3 Å². The van der Waals surface area contributed by atoms with Gasteiger partial charge in [0.2, 0.25) is 0 Å². The molecule has 0 bridgehead atoms. The zero-order chi connectivity index (χ0) is 13.8. The molecule has 2 rings (SSSR count). The Kier molecular flexibility index (Phi) is 4.07. The van der Waals surface area contributed by atoms with Crippen molar-refractivity contribution in [3.8, 4) is 0 Å². The molecule has 2 N–H and O–H groups in total. The number of hydrogen-bond donors (Lipinski definition) is 1. The maximum atomic E-state index is 13.1. The minimum atomic E-state index is -0.403. The molecule has 0 aliphatic heterocycles. The Morgan fingerprint density at radius 2 is 1.84 bits per heavy atom. The molecule has 1 unspecified atom stereocenters. The molecule has 0 spiro atoms. The van der Waals surface area contributed by atoms with Gasteiger partial charge in [0.1, 0.15) is 5.82 Å². The molecule has 0 aromatic heterocycles. The van der Waals surface area contributed by atoms with E-state index in [1.54, 1.807) is 18.2 Å². The number of halogens is 1. The van der Waals surface area contributed by atoms with E-state index in [0.717, 1.165) is 5.56 Å². The second kappa shape index (κ2) is 5.76. The van der Waals surface area contributed by atoms with Crippen molar-refractivity contribution in [2.45, 2.75) is 12.8 Å². The van der Waals surface area contributed by atoms with Gasteiger partial charge in [0, 0.05) is 11.1 Å². The van der Waals surface area contributed by atoms with E-state index < -0.39 is 5.82 Å². The average molecular weight is 257 g/mol. The van der Waals surface area contributed by atoms with Crippen molar-refractivity contribution < 1.29 is 9.18 Å². The summed E-state index contributed by atoms with van der Waals surface area (Å²) in [6, 6.07) is 13.0. The maximum Gasteiger partial charge on any atom is 0.193 e. The molecule has 0 amide bonds. The third kappa shape index (κ3) is 3.06. The van der Waals surface area contributed by atoms with Crippen LogP contribution < -0.4 is 5.73 Å². The number of carbonyl (C=O) groups is 1. The summed E-state index contributed by atoms with van der Waals surface area (Å²) in [5.74, 6) is -0.316. The van der Waals surface area contributed by atoms with E-state index in [1.165, 1.54) is 18.2 Å². The van der Waals surface area contributed by atoms with Crippen molar-refractivity contribution in [2.24, 2.45) is 5.73 Å². The second-order valence-electron chi connectivity index (χ2n) is 4.60. The molecule has 2 aromatic carbocycles. The molecular weight excluding hydrogens is 241 g/mol. The smallest absolute Gasteiger partial charge is 0.193 e. The monoisotopic (exact) mass is 257 g/mol. The first-order valence-electron chi connectivity index (χ1n) is 6.22. The molecule has 0 saturated heterocycles. The van der Waals surface area contributed by atoms with Gasteiger partial charge in [-0.05, 0) is 30.2 Å². The van der Waals surface area contributed by atoms with Crippen LogP contribution in [-0.4, -0.2) is 12.3 Å². The molecule has 0 saturated carbocycles. The summed E-state index contributed by atoms with van der Waals surface area (Å²) in [5, 5.41) is 0. The van der Waals surface area contributed by atoms with Crippen LogP contribution >= 0.6 is 0 Å². The molecule has 3 heteroatoms. The van der Waals surface area contributed by atoms with Crippen LogP contribution in [0.5, 0.6) is 0 Å². The lowest BCUT2D eigenvalue weighted by Crippen LogP contribution is -2.09. The third-order valence-electron chi connectivity index (χ3n) is 3.18. The average Bonchev–Trinajstić information content (AvgIpc) is 2.46. The number of ketones is 1. The van der Waals surface area contributed by atoms with Crippen LogP contribution in [0.25, 0.3) is 0 Å². The van der Waals surface area contributed by atoms with E-state index >= 15 is 0 Å². The largest absolute Gasteiger partial charge is 0.330 e. The summed E-state index contributed by atoms with van der Waals surface area (Å²) in [6.45, 7) is 2.60. The summed E-state index contributed by atoms with van der Waals surface area (Å²) in [5.41, 5.74) is 7.61. The highest BCUT2D eigenvalue weighted by atomic mass is 19.1. The van der Waals surface area contributed by atoms with Crippen LogP contribution in [0.2, 0.25) is 0 Å². The molecule has 0 radical (unpaired) electrons. The van der Waals surface area contributed by atoms with Gasteiger partial charge in [-0.3, -0.25) is 4.79 Å². The highest BCUT2D eigenvalue weighted by molar-refractivity contribution is 6.08. The quantitative estimate of drug-likeness (QED) is 0.855. The molecule has 0 heterocycles. The van der Waals surface area contributed by atoms with Gasteiger partial charge in [-0.25, -0.2) is 4.39 Å². The molecular formula is C16H16FNO. The summed E-state index contributed by atoms with van der Waals surface area (Å²) in [6.07, 6.45) is 0. The van der Waals surface area contributed by atoms with Gasteiger partial charge in [0.05, 0.1) is 0 Å². The van der Waals surface area contributed by atoms with Crippen LogP contribution in [-0.2, 0) is 0 Å². The van der Waals surface area contributed by atoms with E-state index in [2.05, 4.69) is 0 Å². The van der Waals surface area contributed by atoms with Crippen molar-refractivity contribution >= 4 is 5.78 Å². The highest BCUT2D eigenvalue weighted by Crippen LogP contribution is 2.17. The lowest BCUT2D eigenvalue weighted by Gasteiger charge is -2.09. The van der Waals surface area contributed by atoms with Gasteiger partial charge in [-0.15, -0.1) is 0 Å². The van der Waals surface area contributed by atoms with E-state index in [9.17, 15) is 9.18 Å². The Bertz CT molecular complexity index is 578. The minimum absolute atomic E-state index is 0.175. The normalized spacial score (nSPS) is 12.2. The van der Waals surface area contributed by atoms with Crippen molar-refractivity contribution in [3.05, 3.63) is 71.0 Å². The standard InChI is InChI=1S/C16H16FNO/c1-11(10-18)12-5-7-13(8-6-12)16(19)14-3-2-4-15(17)9-14/h2-9,11H,10,18H2,1H3. The van der Waals surface area contributed by atoms with Crippen molar-refractivity contribution in [2.75, 3.05) is 6.54 Å². The molecule has 0 fully saturated rings. The fraction of sp³-hybridized carbons (Fsp3) is 0.188. The van der Waals surface area contributed by atoms with Crippen LogP contribution in [0, 0.1) is 5.82 Å². The Morgan fingerprint density at radius 1 is 1.16 bits per heavy atom. The fourth-order valence-corrected chi connectivity index (χ4v) is 1.90. The zero-order valence-corrected chi connectivity index (χ0v) is 10.8. The molecule has 2 nitrogen and oxygen atoms in total. The molecule has 2 aromatic rings. The lowest BCUT2D eigenvalue weighted by atomic mass is 9.97. The molecule has 1 atom stereocenters. The Hall–Kier alpha value is -2.00. The summed E-state index contributed by atoms with van der Waals surface area (Å²) >= 11 is 0. The summed E-state index contributed by atoms with van der Waals surface area (Å²) < 4.78 is 13.1. The molecule has 98 valence electrons. The van der Waals surface area contributed by atoms with Gasteiger partial charge >= 0.3 is 0 Å². The van der Waals surface area contributed by atoms with Crippen molar-refractivity contribution in [1.29, 1.82) is 0 Å². The lowest BCUT2D eigenvalue weighted by molar-refractivity contribution is 0.103. The Morgan fingerprint density at radius 3 is 2.42 bits per heavy atom. The number of benzene rings is 2. The fourth-order valence-electron chi connectivity index (χ4n) is 1.90. The van der Waals surface area contributed by atoms with Gasteiger partial charge in [-0.1, -0.05) is 43.3 Å². The van der Waals surface area contributed by atoms with E-state index in [4.69, 9.17) is 5.73 Å². The SMILES string of the molecule is CC(CN)c1ccc(C(=O)c2cccc(F)c2)cc1. The minimum Gasteiger partial charge on any atom is -0.330 e. The van der Waals surface area contributed by atoms with Crippen molar-refractivity contribution in [1.82, 2.24) is 0 Å². The van der Waals surface area contributed by atoms with Crippen LogP contribution in [0.4, 0.5) is 4.39 Å². The maximum absolute atomic E-state index is 13.1. The summed E-state index contributed by atoms with van der Waals surface area (Å²) in [7, 11) is 0. The first kappa shape index (κ1) is 13.4. The first-order valence-corrected chi connectivity index (χ1v) is 6.22. The second-order valence-corrected chi connectivity index (χ2v) is 4.60. The van der Waals surface area contributed by atoms with Crippen molar-refractivity contribution in [3.63, 3.8) is 0 Å². The summed E-state index contributed by atoms with van der Waals surface area (Å²) in [4.78, 5) is 12.2. The number of rotatable bonds is 4. The van der Waals surface area contributed by atoms with E-state index in [-0.39, 0.29) is 11.7 Å². The topological polar surface area (TPSA) is 43.1 Å². The Balaban J connectivity index is 2.25. The van der Waals surface area contributed by atoms with Crippen LogP contribution in [0.3, 0.4) is 0 Å². The third-order valence-corrected chi connectivity index (χ3v) is 3.18. The van der Waals surface area contributed by atoms with Gasteiger partial charge in [0.15, 0.2) is 5.78 Å². The van der Waals surface area contributed by atoms with Gasteiger partial charge < -0.3 is 5.73 Å². The van der Waals surface area contributed by atoms with E-state index in [1.807, 2.05) is 19.1 Å². The zero-order valence-electron chi connectivity index (χ0n) is 10.8. The molecule has 0 aliphatic rings. The predicted octanol–water partition coefficient (Wildman–Crippen LogP) is 3.12. The van der Waals surface area contributed by atoms with Gasteiger partial charge in [0.25, 0.3) is 0 Å². The highest BCUT2D eigenvalue weighted by Gasteiger charge is 2.10. The first-order chi connectivity index (χ1) is 9.11. The molecule has 19 heavy (non-hydrogen) atoms. The van der Waals surface area contributed by atoms with E-state index in [0.29, 0.717) is 17.7 Å². The predicted molar refractivity (Wildman–Crippen MR) is 73.7 cm³/mol. The Labute approximate surface area is 112 Å². The number of hydrogen-bond acceptors (Lipinski definition) is 2. The van der Waals surface area contributed by atoms with Gasteiger partial charge in [-0.2, -0.15) is 0 Å². The number of nitrogens with two attached hydrogens (primary N) is 1.